The minimum atomic E-state index is 0.0399. The summed E-state index contributed by atoms with van der Waals surface area (Å²) in [5, 5.41) is 4.72. The Morgan fingerprint density at radius 3 is 2.89 bits per heavy atom. The molecule has 102 valence electrons. The molecule has 0 aliphatic carbocycles. The van der Waals surface area contributed by atoms with E-state index in [0.717, 1.165) is 23.9 Å². The Labute approximate surface area is 118 Å². The predicted octanol–water partition coefficient (Wildman–Crippen LogP) is 3.46. The SMILES string of the molecule is CC(C)CCNC(=O)Cn1ccc2ccc(Cl)cc21. The maximum absolute atomic E-state index is 11.9. The summed E-state index contributed by atoms with van der Waals surface area (Å²) < 4.78 is 1.92. The number of carbonyl (C=O) groups excluding carboxylic acids is 1. The maximum Gasteiger partial charge on any atom is 0.239 e. The van der Waals surface area contributed by atoms with E-state index in [0.29, 0.717) is 17.5 Å². The van der Waals surface area contributed by atoms with Crippen molar-refractivity contribution in [3.8, 4) is 0 Å². The van der Waals surface area contributed by atoms with Crippen molar-refractivity contribution in [2.24, 2.45) is 5.92 Å². The van der Waals surface area contributed by atoms with Gasteiger partial charge in [0.05, 0.1) is 0 Å². The van der Waals surface area contributed by atoms with E-state index >= 15 is 0 Å². The molecule has 0 saturated heterocycles. The van der Waals surface area contributed by atoms with E-state index in [2.05, 4.69) is 19.2 Å². The fourth-order valence-electron chi connectivity index (χ4n) is 2.01. The average Bonchev–Trinajstić information content (AvgIpc) is 2.71. The van der Waals surface area contributed by atoms with E-state index in [-0.39, 0.29) is 5.91 Å². The molecule has 0 spiro atoms. The van der Waals surface area contributed by atoms with E-state index < -0.39 is 0 Å². The summed E-state index contributed by atoms with van der Waals surface area (Å²) in [7, 11) is 0. The maximum atomic E-state index is 11.9. The van der Waals surface area contributed by atoms with Gasteiger partial charge in [-0.15, -0.1) is 0 Å². The number of benzene rings is 1. The Kier molecular flexibility index (Phi) is 4.48. The first-order valence-electron chi connectivity index (χ1n) is 6.57. The summed E-state index contributed by atoms with van der Waals surface area (Å²) in [5.41, 5.74) is 0.992. The molecule has 0 aliphatic rings. The lowest BCUT2D eigenvalue weighted by molar-refractivity contribution is -0.121. The van der Waals surface area contributed by atoms with Crippen LogP contribution in [0.5, 0.6) is 0 Å². The topological polar surface area (TPSA) is 34.0 Å². The highest BCUT2D eigenvalue weighted by Crippen LogP contribution is 2.20. The van der Waals surface area contributed by atoms with Crippen molar-refractivity contribution < 1.29 is 4.79 Å². The minimum absolute atomic E-state index is 0.0399. The average molecular weight is 279 g/mol. The molecule has 0 atom stereocenters. The highest BCUT2D eigenvalue weighted by atomic mass is 35.5. The van der Waals surface area contributed by atoms with Crippen molar-refractivity contribution in [2.45, 2.75) is 26.8 Å². The number of fused-ring (bicyclic) bond motifs is 1. The first-order chi connectivity index (χ1) is 9.06. The van der Waals surface area contributed by atoms with Gasteiger partial charge in [0.2, 0.25) is 5.91 Å². The lowest BCUT2D eigenvalue weighted by atomic mass is 10.1. The van der Waals surface area contributed by atoms with Crippen LogP contribution in [0.4, 0.5) is 0 Å². The molecule has 1 heterocycles. The van der Waals surface area contributed by atoms with Crippen LogP contribution >= 0.6 is 11.6 Å². The summed E-state index contributed by atoms with van der Waals surface area (Å²) in [4.78, 5) is 11.9. The van der Waals surface area contributed by atoms with Crippen molar-refractivity contribution in [1.82, 2.24) is 9.88 Å². The Bertz CT molecular complexity index is 575. The zero-order valence-corrected chi connectivity index (χ0v) is 12.1. The van der Waals surface area contributed by atoms with Crippen LogP contribution in [0.15, 0.2) is 30.5 Å². The van der Waals surface area contributed by atoms with Gasteiger partial charge in [-0.3, -0.25) is 4.79 Å². The van der Waals surface area contributed by atoms with Gasteiger partial charge in [-0.25, -0.2) is 0 Å². The summed E-state index contributed by atoms with van der Waals surface area (Å²) in [6.07, 6.45) is 2.92. The van der Waals surface area contributed by atoms with E-state index in [4.69, 9.17) is 11.6 Å². The summed E-state index contributed by atoms with van der Waals surface area (Å²) >= 11 is 5.99. The fourth-order valence-corrected chi connectivity index (χ4v) is 2.17. The van der Waals surface area contributed by atoms with Crippen molar-refractivity contribution in [2.75, 3.05) is 6.54 Å². The Morgan fingerprint density at radius 1 is 1.37 bits per heavy atom. The molecule has 0 unspecified atom stereocenters. The molecule has 2 rings (SSSR count). The number of halogens is 1. The van der Waals surface area contributed by atoms with Gasteiger partial charge in [-0.05, 0) is 35.9 Å². The molecular weight excluding hydrogens is 260 g/mol. The first kappa shape index (κ1) is 13.9. The van der Waals surface area contributed by atoms with Crippen LogP contribution in [0.1, 0.15) is 20.3 Å². The number of amides is 1. The summed E-state index contributed by atoms with van der Waals surface area (Å²) in [6, 6.07) is 7.70. The van der Waals surface area contributed by atoms with Crippen LogP contribution < -0.4 is 5.32 Å². The first-order valence-corrected chi connectivity index (χ1v) is 6.95. The molecule has 1 aromatic carbocycles. The van der Waals surface area contributed by atoms with Gasteiger partial charge in [0.1, 0.15) is 6.54 Å². The number of hydrogen-bond acceptors (Lipinski definition) is 1. The molecule has 2 aromatic rings. The monoisotopic (exact) mass is 278 g/mol. The molecule has 0 bridgehead atoms. The van der Waals surface area contributed by atoms with Crippen LogP contribution in [-0.4, -0.2) is 17.0 Å². The fraction of sp³-hybridized carbons (Fsp3) is 0.400. The van der Waals surface area contributed by atoms with Gasteiger partial charge in [-0.2, -0.15) is 0 Å². The van der Waals surface area contributed by atoms with E-state index in [1.807, 2.05) is 35.0 Å². The zero-order chi connectivity index (χ0) is 13.8. The third kappa shape index (κ3) is 3.74. The third-order valence-electron chi connectivity index (χ3n) is 3.09. The minimum Gasteiger partial charge on any atom is -0.355 e. The third-order valence-corrected chi connectivity index (χ3v) is 3.33. The molecule has 0 radical (unpaired) electrons. The molecule has 1 N–H and O–H groups in total. The Morgan fingerprint density at radius 2 is 2.16 bits per heavy atom. The number of aromatic nitrogens is 1. The second-order valence-corrected chi connectivity index (χ2v) is 5.62. The van der Waals surface area contributed by atoms with Gasteiger partial charge < -0.3 is 9.88 Å². The highest BCUT2D eigenvalue weighted by molar-refractivity contribution is 6.31. The van der Waals surface area contributed by atoms with Gasteiger partial charge in [0.25, 0.3) is 0 Å². The predicted molar refractivity (Wildman–Crippen MR) is 79.4 cm³/mol. The van der Waals surface area contributed by atoms with Gasteiger partial charge in [-0.1, -0.05) is 31.5 Å². The lowest BCUT2D eigenvalue weighted by Crippen LogP contribution is -2.28. The molecule has 3 nitrogen and oxygen atoms in total. The zero-order valence-electron chi connectivity index (χ0n) is 11.3. The van der Waals surface area contributed by atoms with Gasteiger partial charge in [0.15, 0.2) is 0 Å². The molecular formula is C15H19ClN2O. The number of nitrogens with one attached hydrogen (secondary N) is 1. The second kappa shape index (κ2) is 6.11. The van der Waals surface area contributed by atoms with Crippen molar-refractivity contribution in [1.29, 1.82) is 0 Å². The lowest BCUT2D eigenvalue weighted by Gasteiger charge is -2.09. The molecule has 1 amide bonds. The Hall–Kier alpha value is -1.48. The highest BCUT2D eigenvalue weighted by Gasteiger charge is 2.06. The van der Waals surface area contributed by atoms with Crippen molar-refractivity contribution >= 4 is 28.4 Å². The molecule has 0 aliphatic heterocycles. The van der Waals surface area contributed by atoms with Crippen LogP contribution in [0.25, 0.3) is 10.9 Å². The normalized spacial score (nSPS) is 11.2. The van der Waals surface area contributed by atoms with Crippen LogP contribution in [0.3, 0.4) is 0 Å². The van der Waals surface area contributed by atoms with Crippen LogP contribution in [0, 0.1) is 5.92 Å². The van der Waals surface area contributed by atoms with Gasteiger partial charge >= 0.3 is 0 Å². The number of hydrogen-bond donors (Lipinski definition) is 1. The largest absolute Gasteiger partial charge is 0.355 e. The quantitative estimate of drug-likeness (QED) is 0.893. The van der Waals surface area contributed by atoms with Crippen LogP contribution in [0.2, 0.25) is 5.02 Å². The number of nitrogens with zero attached hydrogens (tertiary/aromatic N) is 1. The van der Waals surface area contributed by atoms with Crippen LogP contribution in [-0.2, 0) is 11.3 Å². The molecule has 0 saturated carbocycles. The molecule has 4 heteroatoms. The van der Waals surface area contributed by atoms with E-state index in [1.165, 1.54) is 0 Å². The standard InChI is InChI=1S/C15H19ClN2O/c1-11(2)5-7-17-15(19)10-18-8-6-12-3-4-13(16)9-14(12)18/h3-4,6,8-9,11H,5,7,10H2,1-2H3,(H,17,19). The molecule has 1 aromatic heterocycles. The van der Waals surface area contributed by atoms with E-state index in [9.17, 15) is 4.79 Å². The summed E-state index contributed by atoms with van der Waals surface area (Å²) in [5.74, 6) is 0.643. The van der Waals surface area contributed by atoms with Gasteiger partial charge in [0, 0.05) is 23.3 Å². The van der Waals surface area contributed by atoms with Crippen molar-refractivity contribution in [3.63, 3.8) is 0 Å². The number of carbonyl (C=O) groups is 1. The Balaban J connectivity index is 2.01. The molecule has 0 fully saturated rings. The molecule has 19 heavy (non-hydrogen) atoms. The number of rotatable bonds is 5. The second-order valence-electron chi connectivity index (χ2n) is 5.18. The van der Waals surface area contributed by atoms with E-state index in [1.54, 1.807) is 0 Å². The summed E-state index contributed by atoms with van der Waals surface area (Å²) in [6.45, 7) is 5.36. The smallest absolute Gasteiger partial charge is 0.239 e. The van der Waals surface area contributed by atoms with Crippen molar-refractivity contribution in [3.05, 3.63) is 35.5 Å².